The van der Waals surface area contributed by atoms with E-state index in [0.717, 1.165) is 17.6 Å². The van der Waals surface area contributed by atoms with Crippen molar-refractivity contribution >= 4 is 27.3 Å². The van der Waals surface area contributed by atoms with Crippen molar-refractivity contribution in [3.05, 3.63) is 20.8 Å². The molecule has 0 aliphatic carbocycles. The van der Waals surface area contributed by atoms with Gasteiger partial charge in [-0.1, -0.05) is 0 Å². The number of hydrogen-bond acceptors (Lipinski definition) is 4. The van der Waals surface area contributed by atoms with Gasteiger partial charge in [-0.25, -0.2) is 0 Å². The Morgan fingerprint density at radius 2 is 2.41 bits per heavy atom. The molecule has 5 heteroatoms. The first-order valence-corrected chi connectivity index (χ1v) is 7.62. The Morgan fingerprint density at radius 1 is 1.65 bits per heavy atom. The summed E-state index contributed by atoms with van der Waals surface area (Å²) >= 11 is 5.29. The van der Waals surface area contributed by atoms with E-state index >= 15 is 0 Å². The molecule has 0 spiro atoms. The summed E-state index contributed by atoms with van der Waals surface area (Å²) in [6.45, 7) is 6.80. The quantitative estimate of drug-likeness (QED) is 0.931. The minimum Gasteiger partial charge on any atom is -0.374 e. The van der Waals surface area contributed by atoms with Crippen molar-refractivity contribution < 1.29 is 4.74 Å². The van der Waals surface area contributed by atoms with Crippen LogP contribution in [0.3, 0.4) is 0 Å². The van der Waals surface area contributed by atoms with E-state index in [-0.39, 0.29) is 6.10 Å². The molecule has 0 saturated carbocycles. The van der Waals surface area contributed by atoms with Gasteiger partial charge in [0.15, 0.2) is 0 Å². The van der Waals surface area contributed by atoms with E-state index in [0.29, 0.717) is 18.6 Å². The molecule has 1 aromatic rings. The zero-order chi connectivity index (χ0) is 12.4. The summed E-state index contributed by atoms with van der Waals surface area (Å²) in [7, 11) is 0. The van der Waals surface area contributed by atoms with Gasteiger partial charge in [-0.15, -0.1) is 11.3 Å². The first kappa shape index (κ1) is 13.5. The third kappa shape index (κ3) is 2.90. The zero-order valence-corrected chi connectivity index (χ0v) is 12.6. The molecule has 1 fully saturated rings. The topological polar surface area (TPSA) is 38.5 Å². The van der Waals surface area contributed by atoms with Gasteiger partial charge in [-0.2, -0.15) is 0 Å². The first-order valence-electron chi connectivity index (χ1n) is 5.95. The van der Waals surface area contributed by atoms with Crippen LogP contribution in [0.4, 0.5) is 0 Å². The van der Waals surface area contributed by atoms with Gasteiger partial charge in [0.05, 0.1) is 18.8 Å². The molecule has 3 nitrogen and oxygen atoms in total. The summed E-state index contributed by atoms with van der Waals surface area (Å²) in [5.41, 5.74) is 5.84. The number of thiophene rings is 1. The summed E-state index contributed by atoms with van der Waals surface area (Å²) in [6, 6.07) is 2.99. The van der Waals surface area contributed by atoms with Gasteiger partial charge in [0.1, 0.15) is 0 Å². The van der Waals surface area contributed by atoms with Crippen molar-refractivity contribution in [1.82, 2.24) is 4.90 Å². The normalized spacial score (nSPS) is 26.6. The number of halogens is 1. The van der Waals surface area contributed by atoms with Crippen molar-refractivity contribution in [2.75, 3.05) is 19.7 Å². The summed E-state index contributed by atoms with van der Waals surface area (Å²) < 4.78 is 6.95. The van der Waals surface area contributed by atoms with Crippen LogP contribution in [0.15, 0.2) is 15.9 Å². The molecule has 1 saturated heterocycles. The van der Waals surface area contributed by atoms with Crippen molar-refractivity contribution in [2.24, 2.45) is 5.73 Å². The van der Waals surface area contributed by atoms with Gasteiger partial charge in [-0.3, -0.25) is 4.90 Å². The van der Waals surface area contributed by atoms with Gasteiger partial charge >= 0.3 is 0 Å². The highest BCUT2D eigenvalue weighted by atomic mass is 79.9. The molecule has 1 aliphatic rings. The molecule has 0 aromatic carbocycles. The monoisotopic (exact) mass is 318 g/mol. The van der Waals surface area contributed by atoms with Crippen LogP contribution in [0.25, 0.3) is 0 Å². The Balaban J connectivity index is 2.28. The highest BCUT2D eigenvalue weighted by Crippen LogP contribution is 2.35. The van der Waals surface area contributed by atoms with Crippen LogP contribution in [-0.4, -0.2) is 36.7 Å². The van der Waals surface area contributed by atoms with E-state index in [2.05, 4.69) is 46.1 Å². The molecular weight excluding hydrogens is 300 g/mol. The fourth-order valence-corrected chi connectivity index (χ4v) is 3.98. The second-order valence-electron chi connectivity index (χ2n) is 4.59. The maximum Gasteiger partial charge on any atom is 0.0902 e. The number of hydrogen-bond donors (Lipinski definition) is 1. The molecule has 2 atom stereocenters. The third-order valence-corrected chi connectivity index (χ3v) is 4.93. The lowest BCUT2D eigenvalue weighted by molar-refractivity contribution is -0.0777. The van der Waals surface area contributed by atoms with Gasteiger partial charge in [0, 0.05) is 33.9 Å². The van der Waals surface area contributed by atoms with Crippen LogP contribution in [0.2, 0.25) is 0 Å². The lowest BCUT2D eigenvalue weighted by Gasteiger charge is -2.42. The van der Waals surface area contributed by atoms with E-state index in [1.54, 1.807) is 11.3 Å². The molecule has 0 radical (unpaired) electrons. The van der Waals surface area contributed by atoms with Crippen molar-refractivity contribution in [3.8, 4) is 0 Å². The second-order valence-corrected chi connectivity index (χ2v) is 6.45. The maximum absolute atomic E-state index is 5.84. The Kier molecular flexibility index (Phi) is 4.60. The molecule has 1 aromatic heterocycles. The zero-order valence-electron chi connectivity index (χ0n) is 10.2. The fourth-order valence-electron chi connectivity index (χ4n) is 2.36. The lowest BCUT2D eigenvalue weighted by Crippen LogP contribution is -2.50. The number of nitrogens with zero attached hydrogens (tertiary/aromatic N) is 1. The van der Waals surface area contributed by atoms with Gasteiger partial charge in [0.25, 0.3) is 0 Å². The number of morpholine rings is 1. The minimum absolute atomic E-state index is 0.108. The van der Waals surface area contributed by atoms with Crippen molar-refractivity contribution in [2.45, 2.75) is 32.0 Å². The highest BCUT2D eigenvalue weighted by Gasteiger charge is 2.34. The molecule has 2 unspecified atom stereocenters. The predicted octanol–water partition coefficient (Wildman–Crippen LogP) is 2.62. The molecule has 2 N–H and O–H groups in total. The van der Waals surface area contributed by atoms with Gasteiger partial charge in [0.2, 0.25) is 0 Å². The van der Waals surface area contributed by atoms with E-state index in [9.17, 15) is 0 Å². The smallest absolute Gasteiger partial charge is 0.0902 e. The van der Waals surface area contributed by atoms with E-state index in [4.69, 9.17) is 10.5 Å². The molecule has 96 valence electrons. The average Bonchev–Trinajstić information content (AvgIpc) is 2.74. The predicted molar refractivity (Wildman–Crippen MR) is 75.4 cm³/mol. The standard InChI is InChI=1S/C12H19BrN2OS/c1-8(2)15-3-4-16-10(6-14)12(15)11-5-9(13)7-17-11/h5,7-8,10,12H,3-4,6,14H2,1-2H3. The largest absolute Gasteiger partial charge is 0.374 e. The minimum atomic E-state index is 0.108. The number of nitrogens with two attached hydrogens (primary N) is 1. The van der Waals surface area contributed by atoms with Crippen LogP contribution in [0.5, 0.6) is 0 Å². The summed E-state index contributed by atoms with van der Waals surface area (Å²) in [5, 5.41) is 2.12. The highest BCUT2D eigenvalue weighted by molar-refractivity contribution is 9.10. The van der Waals surface area contributed by atoms with Gasteiger partial charge < -0.3 is 10.5 Å². The van der Waals surface area contributed by atoms with Crippen LogP contribution < -0.4 is 5.73 Å². The van der Waals surface area contributed by atoms with E-state index < -0.39 is 0 Å². The Labute approximate surface area is 115 Å². The van der Waals surface area contributed by atoms with Crippen molar-refractivity contribution in [1.29, 1.82) is 0 Å². The molecule has 2 heterocycles. The summed E-state index contributed by atoms with van der Waals surface area (Å²) in [5.74, 6) is 0. The lowest BCUT2D eigenvalue weighted by atomic mass is 10.0. The number of ether oxygens (including phenoxy) is 1. The maximum atomic E-state index is 5.84. The SMILES string of the molecule is CC(C)N1CCOC(CN)C1c1cc(Br)cs1. The molecule has 0 amide bonds. The van der Waals surface area contributed by atoms with Crippen LogP contribution in [0.1, 0.15) is 24.8 Å². The summed E-state index contributed by atoms with van der Waals surface area (Å²) in [6.07, 6.45) is 0.108. The average molecular weight is 319 g/mol. The molecule has 0 bridgehead atoms. The molecule has 17 heavy (non-hydrogen) atoms. The fraction of sp³-hybridized carbons (Fsp3) is 0.667. The van der Waals surface area contributed by atoms with Crippen LogP contribution in [0, 0.1) is 0 Å². The second kappa shape index (κ2) is 5.80. The van der Waals surface area contributed by atoms with E-state index in [1.807, 2.05) is 0 Å². The number of rotatable bonds is 3. The molecule has 2 rings (SSSR count). The van der Waals surface area contributed by atoms with Crippen LogP contribution in [-0.2, 0) is 4.74 Å². The third-order valence-electron chi connectivity index (χ3n) is 3.17. The van der Waals surface area contributed by atoms with Crippen LogP contribution >= 0.6 is 27.3 Å². The first-order chi connectivity index (χ1) is 8.13. The molecule has 1 aliphatic heterocycles. The van der Waals surface area contributed by atoms with Gasteiger partial charge in [-0.05, 0) is 35.8 Å². The Morgan fingerprint density at radius 3 is 2.94 bits per heavy atom. The Bertz CT molecular complexity index is 369. The molecular formula is C12H19BrN2OS. The Hall–Kier alpha value is 0.0600. The summed E-state index contributed by atoms with van der Waals surface area (Å²) in [4.78, 5) is 3.82. The van der Waals surface area contributed by atoms with Crippen molar-refractivity contribution in [3.63, 3.8) is 0 Å². The van der Waals surface area contributed by atoms with E-state index in [1.165, 1.54) is 4.88 Å².